The standard InChI is InChI=1S/C11H15N5O3.C6H10O/c1-11(2,3)19-10(17)16-9-14-7-6(12-5-13-7)8(15-9)18-4;1-5-2-3-6(7)4-5/h5H,1-4H3,(H2,12,13,14,15,16,17);6-7H,1-4H2. The predicted octanol–water partition coefficient (Wildman–Crippen LogP) is 2.80. The highest BCUT2D eigenvalue weighted by Gasteiger charge is 2.18. The molecular formula is C17H25N5O4. The van der Waals surface area contributed by atoms with Gasteiger partial charge in [-0.1, -0.05) is 12.2 Å². The average Bonchev–Trinajstić information content (AvgIpc) is 3.13. The molecule has 1 aliphatic carbocycles. The Morgan fingerprint density at radius 2 is 2.15 bits per heavy atom. The van der Waals surface area contributed by atoms with Crippen molar-refractivity contribution in [2.75, 3.05) is 12.4 Å². The normalized spacial score (nSPS) is 16.8. The van der Waals surface area contributed by atoms with E-state index in [1.807, 2.05) is 0 Å². The first-order valence-corrected chi connectivity index (χ1v) is 8.28. The Morgan fingerprint density at radius 3 is 2.65 bits per heavy atom. The molecule has 9 nitrogen and oxygen atoms in total. The molecule has 2 aromatic rings. The van der Waals surface area contributed by atoms with Crippen molar-refractivity contribution >= 4 is 23.2 Å². The van der Waals surface area contributed by atoms with Crippen LogP contribution in [-0.4, -0.2) is 50.0 Å². The first-order valence-electron chi connectivity index (χ1n) is 8.28. The van der Waals surface area contributed by atoms with Gasteiger partial charge in [-0.3, -0.25) is 5.32 Å². The van der Waals surface area contributed by atoms with Gasteiger partial charge in [-0.05, 0) is 40.0 Å². The van der Waals surface area contributed by atoms with Crippen LogP contribution in [0.3, 0.4) is 0 Å². The minimum atomic E-state index is -0.635. The molecule has 2 heterocycles. The molecule has 0 aliphatic heterocycles. The van der Waals surface area contributed by atoms with Gasteiger partial charge in [0, 0.05) is 0 Å². The largest absolute Gasteiger partial charge is 0.479 e. The molecule has 26 heavy (non-hydrogen) atoms. The Kier molecular flexibility index (Phi) is 6.14. The van der Waals surface area contributed by atoms with Gasteiger partial charge in [0.05, 0.1) is 19.5 Å². The van der Waals surface area contributed by atoms with Gasteiger partial charge >= 0.3 is 6.09 Å². The van der Waals surface area contributed by atoms with E-state index in [0.29, 0.717) is 17.0 Å². The maximum Gasteiger partial charge on any atom is 0.414 e. The second kappa shape index (κ2) is 8.13. The van der Waals surface area contributed by atoms with E-state index in [1.165, 1.54) is 19.0 Å². The van der Waals surface area contributed by atoms with E-state index < -0.39 is 11.7 Å². The van der Waals surface area contributed by atoms with Crippen molar-refractivity contribution in [2.24, 2.45) is 0 Å². The summed E-state index contributed by atoms with van der Waals surface area (Å²) in [7, 11) is 1.47. The van der Waals surface area contributed by atoms with Gasteiger partial charge in [-0.2, -0.15) is 9.97 Å². The summed E-state index contributed by atoms with van der Waals surface area (Å²) in [6.07, 6.45) is 3.55. The summed E-state index contributed by atoms with van der Waals surface area (Å²) >= 11 is 0. The van der Waals surface area contributed by atoms with Crippen molar-refractivity contribution in [3.8, 4) is 5.88 Å². The predicted molar refractivity (Wildman–Crippen MR) is 97.1 cm³/mol. The molecule has 1 unspecified atom stereocenters. The Labute approximate surface area is 151 Å². The third kappa shape index (κ3) is 5.69. The van der Waals surface area contributed by atoms with Gasteiger partial charge in [0.15, 0.2) is 5.65 Å². The number of ether oxygens (including phenoxy) is 2. The van der Waals surface area contributed by atoms with Gasteiger partial charge in [0.1, 0.15) is 11.1 Å². The van der Waals surface area contributed by atoms with Gasteiger partial charge in [-0.15, -0.1) is 0 Å². The van der Waals surface area contributed by atoms with Gasteiger partial charge in [0.25, 0.3) is 0 Å². The molecule has 1 saturated carbocycles. The van der Waals surface area contributed by atoms with Crippen LogP contribution >= 0.6 is 0 Å². The number of H-pyrrole nitrogens is 1. The van der Waals surface area contributed by atoms with Crippen LogP contribution in [0, 0.1) is 0 Å². The van der Waals surface area contributed by atoms with Crippen LogP contribution in [0.2, 0.25) is 0 Å². The summed E-state index contributed by atoms with van der Waals surface area (Å²) in [5, 5.41) is 11.3. The monoisotopic (exact) mass is 363 g/mol. The number of hydrogen-bond donors (Lipinski definition) is 3. The lowest BCUT2D eigenvalue weighted by molar-refractivity contribution is 0.0634. The number of hydrogen-bond acceptors (Lipinski definition) is 7. The number of rotatable bonds is 2. The van der Waals surface area contributed by atoms with Crippen LogP contribution in [0.1, 0.15) is 40.0 Å². The smallest absolute Gasteiger partial charge is 0.414 e. The molecule has 9 heteroatoms. The second-order valence-electron chi connectivity index (χ2n) is 6.93. The van der Waals surface area contributed by atoms with Crippen LogP contribution < -0.4 is 10.1 Å². The zero-order valence-corrected chi connectivity index (χ0v) is 15.5. The summed E-state index contributed by atoms with van der Waals surface area (Å²) < 4.78 is 10.2. The summed E-state index contributed by atoms with van der Waals surface area (Å²) in [4.78, 5) is 26.6. The number of aliphatic hydroxyl groups is 1. The molecule has 1 aliphatic rings. The molecule has 0 aromatic carbocycles. The molecule has 3 N–H and O–H groups in total. The molecular weight excluding hydrogens is 338 g/mol. The zero-order valence-electron chi connectivity index (χ0n) is 15.5. The van der Waals surface area contributed by atoms with Crippen LogP contribution in [-0.2, 0) is 4.74 Å². The van der Waals surface area contributed by atoms with Crippen molar-refractivity contribution in [1.29, 1.82) is 0 Å². The molecule has 142 valence electrons. The van der Waals surface area contributed by atoms with Crippen LogP contribution in [0.25, 0.3) is 11.2 Å². The number of aliphatic hydroxyl groups excluding tert-OH is 1. The zero-order chi connectivity index (χ0) is 19.3. The maximum absolute atomic E-state index is 11.6. The Balaban J connectivity index is 0.000000290. The fourth-order valence-electron chi connectivity index (χ4n) is 2.31. The number of anilines is 1. The molecule has 2 aromatic heterocycles. The highest BCUT2D eigenvalue weighted by atomic mass is 16.6. The second-order valence-corrected chi connectivity index (χ2v) is 6.93. The topological polar surface area (TPSA) is 122 Å². The lowest BCUT2D eigenvalue weighted by Gasteiger charge is -2.19. The summed E-state index contributed by atoms with van der Waals surface area (Å²) in [6, 6.07) is 0. The van der Waals surface area contributed by atoms with Gasteiger partial charge in [0.2, 0.25) is 11.8 Å². The van der Waals surface area contributed by atoms with E-state index in [0.717, 1.165) is 19.3 Å². The number of methoxy groups -OCH3 is 1. The first kappa shape index (κ1) is 19.6. The Hall–Kier alpha value is -2.68. The third-order valence-electron chi connectivity index (χ3n) is 3.41. The molecule has 0 bridgehead atoms. The van der Waals surface area contributed by atoms with Crippen molar-refractivity contribution in [3.63, 3.8) is 0 Å². The van der Waals surface area contributed by atoms with E-state index in [1.54, 1.807) is 20.8 Å². The van der Waals surface area contributed by atoms with Crippen LogP contribution in [0.4, 0.5) is 10.7 Å². The molecule has 1 amide bonds. The van der Waals surface area contributed by atoms with Crippen molar-refractivity contribution in [3.05, 3.63) is 18.5 Å². The van der Waals surface area contributed by atoms with Crippen LogP contribution in [0.5, 0.6) is 5.88 Å². The lowest BCUT2D eigenvalue weighted by atomic mass is 10.2. The summed E-state index contributed by atoms with van der Waals surface area (Å²) in [5.41, 5.74) is 1.58. The number of amides is 1. The summed E-state index contributed by atoms with van der Waals surface area (Å²) in [5.74, 6) is 0.374. The maximum atomic E-state index is 11.6. The highest BCUT2D eigenvalue weighted by Crippen LogP contribution is 2.22. The van der Waals surface area contributed by atoms with Crippen molar-refractivity contribution < 1.29 is 19.4 Å². The Bertz CT molecular complexity index is 781. The number of imidazole rings is 1. The molecule has 1 fully saturated rings. The average molecular weight is 363 g/mol. The van der Waals surface area contributed by atoms with E-state index >= 15 is 0 Å². The number of fused-ring (bicyclic) bond motifs is 1. The van der Waals surface area contributed by atoms with Crippen LogP contribution in [0.15, 0.2) is 18.5 Å². The number of aromatic amines is 1. The molecule has 0 saturated heterocycles. The van der Waals surface area contributed by atoms with Gasteiger partial charge in [-0.25, -0.2) is 9.78 Å². The highest BCUT2D eigenvalue weighted by molar-refractivity contribution is 5.85. The van der Waals surface area contributed by atoms with Crippen molar-refractivity contribution in [2.45, 2.75) is 51.7 Å². The van der Waals surface area contributed by atoms with Crippen molar-refractivity contribution in [1.82, 2.24) is 19.9 Å². The minimum Gasteiger partial charge on any atom is -0.479 e. The van der Waals surface area contributed by atoms with E-state index in [2.05, 4.69) is 31.8 Å². The SMILES string of the molecule is C=C1CCC(O)C1.COc1nc(NC(=O)OC(C)(C)C)nc2nc[nH]c12. The van der Waals surface area contributed by atoms with E-state index in [9.17, 15) is 4.79 Å². The minimum absolute atomic E-state index is 0.0747. The van der Waals surface area contributed by atoms with Gasteiger partial charge < -0.3 is 19.6 Å². The van der Waals surface area contributed by atoms with E-state index in [4.69, 9.17) is 14.6 Å². The molecule has 1 atom stereocenters. The fourth-order valence-corrected chi connectivity index (χ4v) is 2.31. The third-order valence-corrected chi connectivity index (χ3v) is 3.41. The quantitative estimate of drug-likeness (QED) is 0.701. The van der Waals surface area contributed by atoms with E-state index in [-0.39, 0.29) is 12.1 Å². The number of carbonyl (C=O) groups is 1. The number of carbonyl (C=O) groups excluding carboxylic acids is 1. The number of aromatic nitrogens is 4. The first-order chi connectivity index (χ1) is 12.2. The molecule has 0 spiro atoms. The molecule has 0 radical (unpaired) electrons. The Morgan fingerprint density at radius 1 is 1.42 bits per heavy atom. The fraction of sp³-hybridized carbons (Fsp3) is 0.529. The number of nitrogens with one attached hydrogen (secondary N) is 2. The summed E-state index contributed by atoms with van der Waals surface area (Å²) in [6.45, 7) is 9.05. The lowest BCUT2D eigenvalue weighted by Crippen LogP contribution is -2.27. The number of nitrogens with zero attached hydrogens (tertiary/aromatic N) is 3. The molecule has 3 rings (SSSR count).